The maximum absolute atomic E-state index is 2.24. The Bertz CT molecular complexity index is 999. The van der Waals surface area contributed by atoms with Crippen LogP contribution in [-0.2, 0) is 7.05 Å². The van der Waals surface area contributed by atoms with Gasteiger partial charge in [0.1, 0.15) is 5.69 Å². The van der Waals surface area contributed by atoms with Gasteiger partial charge in [-0.05, 0) is 36.2 Å². The minimum absolute atomic E-state index is 1.20. The van der Waals surface area contributed by atoms with Crippen molar-refractivity contribution in [3.8, 4) is 28.1 Å². The lowest BCUT2D eigenvalue weighted by Gasteiger charge is -2.04. The number of rotatable bonds is 3. The van der Waals surface area contributed by atoms with E-state index in [9.17, 15) is 0 Å². The Morgan fingerprint density at radius 2 is 1.24 bits per heavy atom. The van der Waals surface area contributed by atoms with Crippen molar-refractivity contribution in [1.82, 2.24) is 4.68 Å². The molecule has 0 spiro atoms. The van der Waals surface area contributed by atoms with Gasteiger partial charge in [-0.1, -0.05) is 66.7 Å². The number of para-hydroxylation sites is 1. The lowest BCUT2D eigenvalue weighted by atomic mass is 10.0. The molecule has 1 aromatic heterocycles. The van der Waals surface area contributed by atoms with Crippen LogP contribution in [0.1, 0.15) is 5.56 Å². The zero-order valence-electron chi connectivity index (χ0n) is 14.6. The summed E-state index contributed by atoms with van der Waals surface area (Å²) in [5, 5.41) is 0. The predicted octanol–water partition coefficient (Wildman–Crippen LogP) is 4.94. The van der Waals surface area contributed by atoms with E-state index in [1.165, 1.54) is 33.6 Å². The van der Waals surface area contributed by atoms with Crippen LogP contribution in [0.3, 0.4) is 0 Å². The zero-order chi connectivity index (χ0) is 17.2. The molecule has 1 heterocycles. The molecule has 0 amide bonds. The van der Waals surface area contributed by atoms with Gasteiger partial charge in [-0.3, -0.25) is 0 Å². The third-order valence-corrected chi connectivity index (χ3v) is 4.65. The molecule has 0 atom stereocenters. The molecule has 0 unspecified atom stereocenters. The van der Waals surface area contributed by atoms with E-state index in [1.807, 2.05) is 0 Å². The maximum Gasteiger partial charge on any atom is 0.246 e. The topological polar surface area (TPSA) is 8.81 Å². The summed E-state index contributed by atoms with van der Waals surface area (Å²) in [4.78, 5) is 0. The normalized spacial score (nSPS) is 10.8. The van der Waals surface area contributed by atoms with Crippen molar-refractivity contribution >= 4 is 0 Å². The third kappa shape index (κ3) is 2.76. The zero-order valence-corrected chi connectivity index (χ0v) is 14.6. The van der Waals surface area contributed by atoms with Crippen LogP contribution in [-0.4, -0.2) is 4.68 Å². The minimum Gasteiger partial charge on any atom is -0.127 e. The molecule has 2 heteroatoms. The quantitative estimate of drug-likeness (QED) is 0.472. The first-order chi connectivity index (χ1) is 12.3. The Labute approximate surface area is 148 Å². The highest BCUT2D eigenvalue weighted by atomic mass is 15.4. The highest BCUT2D eigenvalue weighted by molar-refractivity contribution is 5.78. The second kappa shape index (κ2) is 6.40. The van der Waals surface area contributed by atoms with Crippen LogP contribution in [0, 0.1) is 6.92 Å². The van der Waals surface area contributed by atoms with E-state index in [0.29, 0.717) is 0 Å². The van der Waals surface area contributed by atoms with Gasteiger partial charge in [-0.25, -0.2) is 0 Å². The monoisotopic (exact) mass is 325 g/mol. The van der Waals surface area contributed by atoms with E-state index in [-0.39, 0.29) is 0 Å². The molecule has 0 saturated carbocycles. The number of aromatic nitrogens is 2. The molecule has 0 aliphatic carbocycles. The van der Waals surface area contributed by atoms with Crippen molar-refractivity contribution in [3.63, 3.8) is 0 Å². The van der Waals surface area contributed by atoms with Gasteiger partial charge in [0.15, 0.2) is 7.05 Å². The highest BCUT2D eigenvalue weighted by Crippen LogP contribution is 2.30. The van der Waals surface area contributed by atoms with Crippen LogP contribution < -0.4 is 4.68 Å². The molecule has 0 saturated heterocycles. The average molecular weight is 325 g/mol. The fourth-order valence-corrected chi connectivity index (χ4v) is 3.37. The molecule has 0 aliphatic heterocycles. The number of aryl methyl sites for hydroxylation is 1. The van der Waals surface area contributed by atoms with E-state index in [0.717, 1.165) is 0 Å². The Hall–Kier alpha value is -3.13. The van der Waals surface area contributed by atoms with E-state index in [1.54, 1.807) is 0 Å². The first-order valence-corrected chi connectivity index (χ1v) is 8.54. The highest BCUT2D eigenvalue weighted by Gasteiger charge is 2.24. The molecule has 25 heavy (non-hydrogen) atoms. The lowest BCUT2D eigenvalue weighted by molar-refractivity contribution is -0.734. The molecular formula is C23H21N2+. The fraction of sp³-hybridized carbons (Fsp3) is 0.0870. The lowest BCUT2D eigenvalue weighted by Crippen LogP contribution is -2.39. The Morgan fingerprint density at radius 1 is 0.680 bits per heavy atom. The van der Waals surface area contributed by atoms with Crippen LogP contribution in [0.15, 0.2) is 91.1 Å². The first-order valence-electron chi connectivity index (χ1n) is 8.54. The standard InChI is InChI=1S/C23H21N2/c1-18-11-9-10-16-22(18)25-17-21(19-12-5-3-6-13-19)23(24(25)2)20-14-7-4-8-15-20/h3-17H,1-2H3/q+1. The number of hydrogen-bond donors (Lipinski definition) is 0. The van der Waals surface area contributed by atoms with E-state index >= 15 is 0 Å². The van der Waals surface area contributed by atoms with Gasteiger partial charge < -0.3 is 0 Å². The summed E-state index contributed by atoms with van der Waals surface area (Å²) < 4.78 is 4.47. The van der Waals surface area contributed by atoms with Crippen molar-refractivity contribution in [3.05, 3.63) is 96.7 Å². The Balaban J connectivity index is 2.01. The van der Waals surface area contributed by atoms with Crippen LogP contribution in [0.25, 0.3) is 28.1 Å². The molecular weight excluding hydrogens is 304 g/mol. The molecule has 0 aliphatic rings. The van der Waals surface area contributed by atoms with Crippen molar-refractivity contribution < 1.29 is 4.68 Å². The molecule has 4 rings (SSSR count). The van der Waals surface area contributed by atoms with Crippen LogP contribution in [0.2, 0.25) is 0 Å². The smallest absolute Gasteiger partial charge is 0.127 e. The van der Waals surface area contributed by atoms with Crippen LogP contribution >= 0.6 is 0 Å². The fourth-order valence-electron chi connectivity index (χ4n) is 3.37. The molecule has 0 bridgehead atoms. The molecule has 4 aromatic rings. The summed E-state index contributed by atoms with van der Waals surface area (Å²) >= 11 is 0. The summed E-state index contributed by atoms with van der Waals surface area (Å²) in [5.41, 5.74) is 7.35. The molecule has 122 valence electrons. The van der Waals surface area contributed by atoms with E-state index in [4.69, 9.17) is 0 Å². The van der Waals surface area contributed by atoms with Crippen molar-refractivity contribution in [1.29, 1.82) is 0 Å². The van der Waals surface area contributed by atoms with Gasteiger partial charge in [0.2, 0.25) is 5.69 Å². The van der Waals surface area contributed by atoms with E-state index in [2.05, 4.69) is 114 Å². The van der Waals surface area contributed by atoms with Crippen molar-refractivity contribution in [2.45, 2.75) is 6.92 Å². The Kier molecular flexibility index (Phi) is 3.95. The van der Waals surface area contributed by atoms with Gasteiger partial charge in [0, 0.05) is 5.56 Å². The maximum atomic E-state index is 2.24. The molecule has 0 N–H and O–H groups in total. The summed E-state index contributed by atoms with van der Waals surface area (Å²) in [7, 11) is 2.13. The molecule has 3 aromatic carbocycles. The molecule has 0 radical (unpaired) electrons. The van der Waals surface area contributed by atoms with Gasteiger partial charge in [0.05, 0.1) is 11.8 Å². The number of nitrogens with zero attached hydrogens (tertiary/aromatic N) is 2. The van der Waals surface area contributed by atoms with Gasteiger partial charge in [0.25, 0.3) is 0 Å². The Morgan fingerprint density at radius 3 is 1.88 bits per heavy atom. The van der Waals surface area contributed by atoms with Gasteiger partial charge >= 0.3 is 0 Å². The minimum atomic E-state index is 1.20. The van der Waals surface area contributed by atoms with Crippen LogP contribution in [0.4, 0.5) is 0 Å². The average Bonchev–Trinajstić information content (AvgIpc) is 3.01. The van der Waals surface area contributed by atoms with Gasteiger partial charge in [-0.15, -0.1) is 9.36 Å². The summed E-state index contributed by atoms with van der Waals surface area (Å²) in [6.07, 6.45) is 2.24. The largest absolute Gasteiger partial charge is 0.246 e. The second-order valence-corrected chi connectivity index (χ2v) is 6.28. The SMILES string of the molecule is Cc1ccccc1-n1cc(-c2ccccc2)c(-c2ccccc2)[n+]1C. The summed E-state index contributed by atoms with van der Waals surface area (Å²) in [5.74, 6) is 0. The van der Waals surface area contributed by atoms with Crippen molar-refractivity contribution in [2.75, 3.05) is 0 Å². The molecule has 2 nitrogen and oxygen atoms in total. The summed E-state index contributed by atoms with van der Waals surface area (Å²) in [6, 6.07) is 29.7. The predicted molar refractivity (Wildman–Crippen MR) is 103 cm³/mol. The van der Waals surface area contributed by atoms with Crippen LogP contribution in [0.5, 0.6) is 0 Å². The second-order valence-electron chi connectivity index (χ2n) is 6.28. The van der Waals surface area contributed by atoms with Crippen molar-refractivity contribution in [2.24, 2.45) is 7.05 Å². The molecule has 0 fully saturated rings. The first kappa shape index (κ1) is 15.4. The number of benzene rings is 3. The summed E-state index contributed by atoms with van der Waals surface area (Å²) in [6.45, 7) is 2.15. The van der Waals surface area contributed by atoms with E-state index < -0.39 is 0 Å². The number of hydrogen-bond acceptors (Lipinski definition) is 0. The van der Waals surface area contributed by atoms with Gasteiger partial charge in [-0.2, -0.15) is 0 Å². The third-order valence-electron chi connectivity index (χ3n) is 4.65.